The summed E-state index contributed by atoms with van der Waals surface area (Å²) in [5.41, 5.74) is 2.64. The van der Waals surface area contributed by atoms with Crippen LogP contribution in [0.4, 0.5) is 13.2 Å². The summed E-state index contributed by atoms with van der Waals surface area (Å²) >= 11 is 0. The molecule has 0 aliphatic heterocycles. The molecule has 40 heavy (non-hydrogen) atoms. The Kier molecular flexibility index (Phi) is 7.74. The third kappa shape index (κ3) is 6.23. The monoisotopic (exact) mass is 569 g/mol. The van der Waals surface area contributed by atoms with Gasteiger partial charge in [0.25, 0.3) is 0 Å². The van der Waals surface area contributed by atoms with E-state index >= 15 is 0 Å². The third-order valence-electron chi connectivity index (χ3n) is 7.21. The van der Waals surface area contributed by atoms with Crippen LogP contribution in [-0.4, -0.2) is 47.6 Å². The summed E-state index contributed by atoms with van der Waals surface area (Å²) in [5.74, 6) is -0.401. The molecule has 3 aromatic carbocycles. The van der Waals surface area contributed by atoms with Crippen LogP contribution in [0.15, 0.2) is 83.9 Å². The number of hydrogen-bond acceptors (Lipinski definition) is 3. The Labute approximate surface area is 231 Å². The van der Waals surface area contributed by atoms with E-state index in [0.717, 1.165) is 34.2 Å². The van der Waals surface area contributed by atoms with Gasteiger partial charge in [0.2, 0.25) is 15.9 Å². The molecule has 1 heterocycles. The predicted molar refractivity (Wildman–Crippen MR) is 147 cm³/mol. The van der Waals surface area contributed by atoms with Crippen LogP contribution in [0, 0.1) is 6.92 Å². The number of aromatic nitrogens is 1. The quantitative estimate of drug-likeness (QED) is 0.258. The maximum Gasteiger partial charge on any atom is 0.416 e. The van der Waals surface area contributed by atoms with Crippen LogP contribution in [0.25, 0.3) is 10.9 Å². The summed E-state index contributed by atoms with van der Waals surface area (Å²) in [7, 11) is -3.91. The van der Waals surface area contributed by atoms with Crippen LogP contribution in [0.3, 0.4) is 0 Å². The zero-order chi connectivity index (χ0) is 28.5. The third-order valence-corrected chi connectivity index (χ3v) is 9.12. The van der Waals surface area contributed by atoms with E-state index in [1.807, 2.05) is 37.4 Å². The number of nitrogens with one attached hydrogen (secondary N) is 1. The molecular formula is C30H30F3N3O3S. The van der Waals surface area contributed by atoms with E-state index in [9.17, 15) is 26.4 Å². The van der Waals surface area contributed by atoms with E-state index in [4.69, 9.17) is 0 Å². The molecule has 0 atom stereocenters. The number of para-hydroxylation sites is 1. The first-order valence-electron chi connectivity index (χ1n) is 13.1. The molecular weight excluding hydrogens is 539 g/mol. The van der Waals surface area contributed by atoms with E-state index in [0.29, 0.717) is 24.8 Å². The summed E-state index contributed by atoms with van der Waals surface area (Å²) in [6, 6.07) is 18.8. The summed E-state index contributed by atoms with van der Waals surface area (Å²) < 4.78 is 67.5. The number of fused-ring (bicyclic) bond motifs is 1. The molecule has 10 heteroatoms. The van der Waals surface area contributed by atoms with Crippen LogP contribution in [0.2, 0.25) is 0 Å². The number of benzene rings is 3. The molecule has 210 valence electrons. The van der Waals surface area contributed by atoms with Gasteiger partial charge in [0.15, 0.2) is 0 Å². The van der Waals surface area contributed by atoms with Gasteiger partial charge in [-0.1, -0.05) is 48.0 Å². The molecule has 1 fully saturated rings. The summed E-state index contributed by atoms with van der Waals surface area (Å²) in [5, 5.41) is 1.02. The topological polar surface area (TPSA) is 73.5 Å². The van der Waals surface area contributed by atoms with Crippen LogP contribution < -0.4 is 0 Å². The van der Waals surface area contributed by atoms with Gasteiger partial charge >= 0.3 is 6.18 Å². The van der Waals surface area contributed by atoms with Gasteiger partial charge in [0.05, 0.1) is 17.0 Å². The number of aromatic amines is 1. The Bertz CT molecular complexity index is 1590. The van der Waals surface area contributed by atoms with Crippen molar-refractivity contribution >= 4 is 26.8 Å². The number of H-pyrrole nitrogens is 1. The van der Waals surface area contributed by atoms with E-state index in [2.05, 4.69) is 4.98 Å². The molecule has 1 N–H and O–H groups in total. The molecule has 0 radical (unpaired) electrons. The van der Waals surface area contributed by atoms with Gasteiger partial charge < -0.3 is 9.88 Å². The van der Waals surface area contributed by atoms with E-state index < -0.39 is 27.7 Å². The molecule has 1 aliphatic carbocycles. The normalized spacial score (nSPS) is 14.1. The number of nitrogens with zero attached hydrogens (tertiary/aromatic N) is 2. The zero-order valence-corrected chi connectivity index (χ0v) is 22.8. The van der Waals surface area contributed by atoms with Crippen LogP contribution >= 0.6 is 0 Å². The van der Waals surface area contributed by atoms with Crippen molar-refractivity contribution in [3.05, 3.63) is 101 Å². The lowest BCUT2D eigenvalue weighted by molar-refractivity contribution is -0.137. The van der Waals surface area contributed by atoms with Crippen molar-refractivity contribution in [2.75, 3.05) is 13.1 Å². The van der Waals surface area contributed by atoms with Gasteiger partial charge in [-0.3, -0.25) is 4.79 Å². The van der Waals surface area contributed by atoms with E-state index in [1.165, 1.54) is 21.3 Å². The van der Waals surface area contributed by atoms with Crippen molar-refractivity contribution in [3.63, 3.8) is 0 Å². The minimum absolute atomic E-state index is 0.0579. The van der Waals surface area contributed by atoms with Crippen LogP contribution in [0.5, 0.6) is 0 Å². The maximum absolute atomic E-state index is 13.7. The number of carbonyl (C=O) groups excluding carboxylic acids is 1. The number of hydrogen-bond donors (Lipinski definition) is 1. The lowest BCUT2D eigenvalue weighted by Gasteiger charge is -2.27. The second kappa shape index (κ2) is 11.1. The molecule has 1 saturated carbocycles. The fourth-order valence-electron chi connectivity index (χ4n) is 4.76. The second-order valence-corrected chi connectivity index (χ2v) is 12.1. The Hall–Kier alpha value is -3.63. The van der Waals surface area contributed by atoms with Crippen LogP contribution in [0.1, 0.15) is 35.1 Å². The molecule has 5 rings (SSSR count). The molecule has 0 saturated heterocycles. The maximum atomic E-state index is 13.7. The first-order valence-corrected chi connectivity index (χ1v) is 14.5. The zero-order valence-electron chi connectivity index (χ0n) is 22.0. The molecule has 0 bridgehead atoms. The number of rotatable bonds is 10. The average Bonchev–Trinajstić information content (AvgIpc) is 3.68. The van der Waals surface area contributed by atoms with Gasteiger partial charge in [-0.2, -0.15) is 17.5 Å². The fourth-order valence-corrected chi connectivity index (χ4v) is 6.39. The number of carbonyl (C=O) groups is 1. The highest BCUT2D eigenvalue weighted by Crippen LogP contribution is 2.33. The smallest absolute Gasteiger partial charge is 0.361 e. The molecule has 1 aromatic heterocycles. The second-order valence-electron chi connectivity index (χ2n) is 10.2. The van der Waals surface area contributed by atoms with E-state index in [1.54, 1.807) is 24.3 Å². The summed E-state index contributed by atoms with van der Waals surface area (Å²) in [6.45, 7) is 1.86. The van der Waals surface area contributed by atoms with Gasteiger partial charge in [0, 0.05) is 36.2 Å². The lowest BCUT2D eigenvalue weighted by Crippen LogP contribution is -2.44. The van der Waals surface area contributed by atoms with Crippen molar-refractivity contribution in [1.82, 2.24) is 14.2 Å². The Morgan fingerprint density at radius 1 is 0.975 bits per heavy atom. The molecule has 4 aromatic rings. The molecule has 0 spiro atoms. The number of alkyl halides is 3. The Morgan fingerprint density at radius 3 is 2.30 bits per heavy atom. The van der Waals surface area contributed by atoms with Crippen LogP contribution in [-0.2, 0) is 34.0 Å². The highest BCUT2D eigenvalue weighted by molar-refractivity contribution is 7.89. The van der Waals surface area contributed by atoms with Gasteiger partial charge in [-0.15, -0.1) is 0 Å². The number of amides is 1. The molecule has 6 nitrogen and oxygen atoms in total. The minimum atomic E-state index is -4.46. The van der Waals surface area contributed by atoms with Gasteiger partial charge in [-0.05, 0) is 67.6 Å². The highest BCUT2D eigenvalue weighted by Gasteiger charge is 2.40. The SMILES string of the molecule is Cc1ccc(S(=O)(=O)N(CC(=O)N(CCc2c[nH]c3ccccc23)Cc2ccc(C(F)(F)F)cc2)C2CC2)cc1. The first kappa shape index (κ1) is 27.9. The molecule has 0 unspecified atom stereocenters. The Morgan fingerprint density at radius 2 is 1.65 bits per heavy atom. The molecule has 1 amide bonds. The van der Waals surface area contributed by atoms with Crippen molar-refractivity contribution in [1.29, 1.82) is 0 Å². The van der Waals surface area contributed by atoms with Crippen molar-refractivity contribution in [2.45, 2.75) is 49.8 Å². The minimum Gasteiger partial charge on any atom is -0.361 e. The summed E-state index contributed by atoms with van der Waals surface area (Å²) in [6.07, 6.45) is -0.744. The number of halogens is 3. The Balaban J connectivity index is 1.39. The van der Waals surface area contributed by atoms with Crippen molar-refractivity contribution < 1.29 is 26.4 Å². The standard InChI is InChI=1S/C30H30F3N3O3S/c1-21-6-14-26(15-7-21)40(38,39)36(25-12-13-25)20-29(37)35(19-22-8-10-24(11-9-22)30(31,32)33)17-16-23-18-34-28-5-3-2-4-27(23)28/h2-11,14-15,18,25,34H,12-13,16-17,19-20H2,1H3. The predicted octanol–water partition coefficient (Wildman–Crippen LogP) is 5.92. The lowest BCUT2D eigenvalue weighted by atomic mass is 10.1. The summed E-state index contributed by atoms with van der Waals surface area (Å²) in [4.78, 5) is 18.6. The highest BCUT2D eigenvalue weighted by atomic mass is 32.2. The number of aryl methyl sites for hydroxylation is 1. The van der Waals surface area contributed by atoms with E-state index in [-0.39, 0.29) is 30.6 Å². The van der Waals surface area contributed by atoms with Crippen molar-refractivity contribution in [2.24, 2.45) is 0 Å². The van der Waals surface area contributed by atoms with Gasteiger partial charge in [-0.25, -0.2) is 8.42 Å². The van der Waals surface area contributed by atoms with Gasteiger partial charge in [0.1, 0.15) is 0 Å². The fraction of sp³-hybridized carbons (Fsp3) is 0.300. The largest absolute Gasteiger partial charge is 0.416 e. The average molecular weight is 570 g/mol. The first-order chi connectivity index (χ1) is 19.0. The number of sulfonamides is 1. The van der Waals surface area contributed by atoms with Crippen molar-refractivity contribution in [3.8, 4) is 0 Å². The molecule has 1 aliphatic rings.